The molecule has 26 heavy (non-hydrogen) atoms. The minimum Gasteiger partial charge on any atom is -0.493 e. The van der Waals surface area contributed by atoms with E-state index in [1.807, 2.05) is 24.3 Å². The summed E-state index contributed by atoms with van der Waals surface area (Å²) in [5, 5.41) is 6.39. The van der Waals surface area contributed by atoms with Gasteiger partial charge in [-0.2, -0.15) is 0 Å². The van der Waals surface area contributed by atoms with Crippen LogP contribution in [0.5, 0.6) is 11.5 Å². The van der Waals surface area contributed by atoms with E-state index < -0.39 is 0 Å². The maximum absolute atomic E-state index is 6.04. The molecule has 5 heteroatoms. The Morgan fingerprint density at radius 3 is 2.81 bits per heavy atom. The van der Waals surface area contributed by atoms with Crippen LogP contribution in [-0.2, 0) is 13.0 Å². The van der Waals surface area contributed by atoms with Crippen molar-refractivity contribution in [3.63, 3.8) is 0 Å². The summed E-state index contributed by atoms with van der Waals surface area (Å²) in [4.78, 5) is 4.74. The highest BCUT2D eigenvalue weighted by atomic mass is 32.1. The smallest absolute Gasteiger partial charge is 0.183 e. The quantitative estimate of drug-likeness (QED) is 0.679. The highest BCUT2D eigenvalue weighted by Gasteiger charge is 2.33. The van der Waals surface area contributed by atoms with E-state index in [-0.39, 0.29) is 5.60 Å². The highest BCUT2D eigenvalue weighted by Crippen LogP contribution is 2.44. The number of nitrogens with zero attached hydrogens (tertiary/aromatic N) is 1. The van der Waals surface area contributed by atoms with Crippen LogP contribution < -0.4 is 14.8 Å². The maximum atomic E-state index is 6.04. The van der Waals surface area contributed by atoms with E-state index in [4.69, 9.17) is 14.5 Å². The van der Waals surface area contributed by atoms with Gasteiger partial charge in [-0.25, -0.2) is 4.98 Å². The average molecular weight is 366 g/mol. The second-order valence-electron chi connectivity index (χ2n) is 7.08. The standard InChI is InChI=1S/C21H22N2O2S/c1-21(2)11-16-9-15(10-18(24-3)19(16)25-21)17-13-26-20(23-17)22-12-14-7-5-4-6-8-14/h4-10,13H,11-12H2,1-3H3,(H,22,23). The van der Waals surface area contributed by atoms with Crippen molar-refractivity contribution < 1.29 is 9.47 Å². The number of rotatable bonds is 5. The number of anilines is 1. The van der Waals surface area contributed by atoms with Crippen LogP contribution in [0.3, 0.4) is 0 Å². The van der Waals surface area contributed by atoms with Crippen molar-refractivity contribution in [2.45, 2.75) is 32.4 Å². The molecule has 1 aliphatic rings. The van der Waals surface area contributed by atoms with Gasteiger partial charge < -0.3 is 14.8 Å². The topological polar surface area (TPSA) is 43.4 Å². The molecule has 0 saturated heterocycles. The van der Waals surface area contributed by atoms with Crippen LogP contribution in [0.2, 0.25) is 0 Å². The van der Waals surface area contributed by atoms with Gasteiger partial charge in [-0.15, -0.1) is 11.3 Å². The van der Waals surface area contributed by atoms with Gasteiger partial charge in [-0.1, -0.05) is 30.3 Å². The van der Waals surface area contributed by atoms with E-state index in [2.05, 4.69) is 42.7 Å². The molecule has 0 amide bonds. The number of methoxy groups -OCH3 is 1. The normalized spacial score (nSPS) is 14.6. The number of ether oxygens (including phenoxy) is 2. The third kappa shape index (κ3) is 3.40. The molecule has 0 fully saturated rings. The third-order valence-electron chi connectivity index (χ3n) is 4.43. The van der Waals surface area contributed by atoms with Gasteiger partial charge in [-0.3, -0.25) is 0 Å². The molecule has 2 aromatic carbocycles. The zero-order valence-electron chi connectivity index (χ0n) is 15.2. The van der Waals surface area contributed by atoms with Crippen molar-refractivity contribution >= 4 is 16.5 Å². The Balaban J connectivity index is 1.56. The van der Waals surface area contributed by atoms with E-state index in [0.717, 1.165) is 40.9 Å². The van der Waals surface area contributed by atoms with Gasteiger partial charge in [0.25, 0.3) is 0 Å². The molecule has 3 aromatic rings. The maximum Gasteiger partial charge on any atom is 0.183 e. The second kappa shape index (κ2) is 6.65. The first kappa shape index (κ1) is 16.9. The second-order valence-corrected chi connectivity index (χ2v) is 7.94. The van der Waals surface area contributed by atoms with Gasteiger partial charge in [0.15, 0.2) is 16.6 Å². The molecule has 1 aliphatic heterocycles. The fraction of sp³-hybridized carbons (Fsp3) is 0.286. The molecule has 0 spiro atoms. The van der Waals surface area contributed by atoms with E-state index in [9.17, 15) is 0 Å². The number of thiazole rings is 1. The molecule has 0 unspecified atom stereocenters. The fourth-order valence-corrected chi connectivity index (χ4v) is 3.96. The molecule has 0 bridgehead atoms. The molecule has 4 nitrogen and oxygen atoms in total. The summed E-state index contributed by atoms with van der Waals surface area (Å²) in [6.45, 7) is 4.96. The Bertz CT molecular complexity index is 919. The molecule has 1 aromatic heterocycles. The molecule has 0 saturated carbocycles. The molecular weight excluding hydrogens is 344 g/mol. The number of nitrogens with one attached hydrogen (secondary N) is 1. The molecule has 4 rings (SSSR count). The zero-order chi connectivity index (χ0) is 18.1. The Morgan fingerprint density at radius 1 is 1.23 bits per heavy atom. The van der Waals surface area contributed by atoms with Gasteiger partial charge in [-0.05, 0) is 31.5 Å². The Kier molecular flexibility index (Phi) is 4.32. The van der Waals surface area contributed by atoms with E-state index >= 15 is 0 Å². The number of hydrogen-bond donors (Lipinski definition) is 1. The minimum absolute atomic E-state index is 0.196. The third-order valence-corrected chi connectivity index (χ3v) is 5.23. The molecule has 0 aliphatic carbocycles. The van der Waals surface area contributed by atoms with Crippen LogP contribution in [0.15, 0.2) is 47.8 Å². The Labute approximate surface area is 157 Å². The minimum atomic E-state index is -0.196. The summed E-state index contributed by atoms with van der Waals surface area (Å²) < 4.78 is 11.6. The van der Waals surface area contributed by atoms with E-state index in [1.165, 1.54) is 11.1 Å². The van der Waals surface area contributed by atoms with Crippen molar-refractivity contribution in [1.29, 1.82) is 0 Å². The molecule has 0 radical (unpaired) electrons. The molecule has 0 atom stereocenters. The lowest BCUT2D eigenvalue weighted by Gasteiger charge is -2.17. The number of hydrogen-bond acceptors (Lipinski definition) is 5. The lowest BCUT2D eigenvalue weighted by Crippen LogP contribution is -2.24. The van der Waals surface area contributed by atoms with Crippen LogP contribution in [0.1, 0.15) is 25.0 Å². The lowest BCUT2D eigenvalue weighted by atomic mass is 9.99. The monoisotopic (exact) mass is 366 g/mol. The van der Waals surface area contributed by atoms with Crippen LogP contribution in [0.4, 0.5) is 5.13 Å². The van der Waals surface area contributed by atoms with Crippen LogP contribution >= 0.6 is 11.3 Å². The number of benzene rings is 2. The first-order valence-electron chi connectivity index (χ1n) is 8.68. The molecule has 134 valence electrons. The number of fused-ring (bicyclic) bond motifs is 1. The van der Waals surface area contributed by atoms with Gasteiger partial charge in [0, 0.05) is 29.5 Å². The van der Waals surface area contributed by atoms with E-state index in [1.54, 1.807) is 18.4 Å². The van der Waals surface area contributed by atoms with Crippen molar-refractivity contribution in [1.82, 2.24) is 4.98 Å². The largest absolute Gasteiger partial charge is 0.493 e. The summed E-state index contributed by atoms with van der Waals surface area (Å²) in [7, 11) is 1.68. The summed E-state index contributed by atoms with van der Waals surface area (Å²) in [6.07, 6.45) is 0.871. The summed E-state index contributed by atoms with van der Waals surface area (Å²) >= 11 is 1.62. The van der Waals surface area contributed by atoms with Gasteiger partial charge >= 0.3 is 0 Å². The predicted molar refractivity (Wildman–Crippen MR) is 106 cm³/mol. The van der Waals surface area contributed by atoms with Crippen molar-refractivity contribution in [2.75, 3.05) is 12.4 Å². The molecule has 2 heterocycles. The average Bonchev–Trinajstić information content (AvgIpc) is 3.22. The van der Waals surface area contributed by atoms with Crippen LogP contribution in [0.25, 0.3) is 11.3 Å². The first-order valence-corrected chi connectivity index (χ1v) is 9.56. The Morgan fingerprint density at radius 2 is 2.04 bits per heavy atom. The van der Waals surface area contributed by atoms with Crippen molar-refractivity contribution in [3.05, 3.63) is 59.0 Å². The predicted octanol–water partition coefficient (Wildman–Crippen LogP) is 5.14. The van der Waals surface area contributed by atoms with Crippen molar-refractivity contribution in [2.24, 2.45) is 0 Å². The molecular formula is C21H22N2O2S. The zero-order valence-corrected chi connectivity index (χ0v) is 16.0. The summed E-state index contributed by atoms with van der Waals surface area (Å²) in [6, 6.07) is 14.5. The van der Waals surface area contributed by atoms with Gasteiger partial charge in [0.2, 0.25) is 0 Å². The SMILES string of the molecule is COc1cc(-c2csc(NCc3ccccc3)n2)cc2c1OC(C)(C)C2. The van der Waals surface area contributed by atoms with Crippen molar-refractivity contribution in [3.8, 4) is 22.8 Å². The number of aromatic nitrogens is 1. The van der Waals surface area contributed by atoms with E-state index in [0.29, 0.717) is 0 Å². The summed E-state index contributed by atoms with van der Waals surface area (Å²) in [5.41, 5.74) is 4.24. The van der Waals surface area contributed by atoms with Crippen LogP contribution in [-0.4, -0.2) is 17.7 Å². The Hall–Kier alpha value is -2.53. The van der Waals surface area contributed by atoms with Crippen LogP contribution in [0, 0.1) is 0 Å². The van der Waals surface area contributed by atoms with Gasteiger partial charge in [0.05, 0.1) is 12.8 Å². The summed E-state index contributed by atoms with van der Waals surface area (Å²) in [5.74, 6) is 1.63. The highest BCUT2D eigenvalue weighted by molar-refractivity contribution is 7.14. The first-order chi connectivity index (χ1) is 12.5. The fourth-order valence-electron chi connectivity index (χ4n) is 3.24. The molecule has 1 N–H and O–H groups in total. The van der Waals surface area contributed by atoms with Gasteiger partial charge in [0.1, 0.15) is 5.60 Å². The lowest BCUT2D eigenvalue weighted by molar-refractivity contribution is 0.134.